The molecule has 1 aliphatic carbocycles. The fourth-order valence-corrected chi connectivity index (χ4v) is 2.37. The summed E-state index contributed by atoms with van der Waals surface area (Å²) in [6, 6.07) is 2.52. The normalized spacial score (nSPS) is 18.2. The molecule has 0 unspecified atom stereocenters. The van der Waals surface area contributed by atoms with Crippen molar-refractivity contribution in [2.45, 2.75) is 51.0 Å². The number of aromatic nitrogens is 2. The fraction of sp³-hybridized carbons (Fsp3) is 0.692. The summed E-state index contributed by atoms with van der Waals surface area (Å²) in [7, 11) is 1.84. The zero-order valence-corrected chi connectivity index (χ0v) is 10.6. The first-order valence-electron chi connectivity index (χ1n) is 6.66. The van der Waals surface area contributed by atoms with Gasteiger partial charge in [-0.25, -0.2) is 4.98 Å². The Morgan fingerprint density at radius 1 is 1.12 bits per heavy atom. The number of hydrogen-bond acceptors (Lipinski definition) is 4. The van der Waals surface area contributed by atoms with Gasteiger partial charge in [0.2, 0.25) is 5.95 Å². The summed E-state index contributed by atoms with van der Waals surface area (Å²) in [5.41, 5.74) is 0. The molecular formula is C13H22N4. The third kappa shape index (κ3) is 3.88. The number of hydrogen-bond donors (Lipinski definition) is 2. The van der Waals surface area contributed by atoms with Crippen LogP contribution in [0, 0.1) is 0 Å². The summed E-state index contributed by atoms with van der Waals surface area (Å²) in [5, 5.41) is 6.50. The second-order valence-electron chi connectivity index (χ2n) is 4.70. The van der Waals surface area contributed by atoms with E-state index in [1.54, 1.807) is 6.20 Å². The predicted octanol–water partition coefficient (Wildman–Crippen LogP) is 3.04. The fourth-order valence-electron chi connectivity index (χ4n) is 2.37. The van der Waals surface area contributed by atoms with Gasteiger partial charge in [0.05, 0.1) is 0 Å². The molecule has 0 spiro atoms. The molecule has 1 aromatic rings. The van der Waals surface area contributed by atoms with Crippen LogP contribution in [0.1, 0.15) is 44.9 Å². The third-order valence-corrected chi connectivity index (χ3v) is 3.34. The van der Waals surface area contributed by atoms with Gasteiger partial charge in [-0.2, -0.15) is 4.98 Å². The van der Waals surface area contributed by atoms with Crippen LogP contribution in [-0.2, 0) is 0 Å². The zero-order chi connectivity index (χ0) is 11.9. The quantitative estimate of drug-likeness (QED) is 0.844. The van der Waals surface area contributed by atoms with Crippen LogP contribution in [0.2, 0.25) is 0 Å². The first kappa shape index (κ1) is 12.1. The molecule has 4 heteroatoms. The summed E-state index contributed by atoms with van der Waals surface area (Å²) >= 11 is 0. The molecule has 1 saturated carbocycles. The predicted molar refractivity (Wildman–Crippen MR) is 71.3 cm³/mol. The van der Waals surface area contributed by atoms with Crippen molar-refractivity contribution in [2.75, 3.05) is 17.7 Å². The largest absolute Gasteiger partial charge is 0.367 e. The van der Waals surface area contributed by atoms with Crippen molar-refractivity contribution in [2.24, 2.45) is 0 Å². The lowest BCUT2D eigenvalue weighted by molar-refractivity contribution is 0.470. The van der Waals surface area contributed by atoms with E-state index in [9.17, 15) is 0 Å². The van der Waals surface area contributed by atoms with Crippen LogP contribution < -0.4 is 10.6 Å². The summed E-state index contributed by atoms with van der Waals surface area (Å²) < 4.78 is 0. The van der Waals surface area contributed by atoms with Gasteiger partial charge in [-0.1, -0.05) is 32.1 Å². The second kappa shape index (κ2) is 6.42. The Labute approximate surface area is 103 Å². The van der Waals surface area contributed by atoms with Crippen LogP contribution in [-0.4, -0.2) is 23.1 Å². The van der Waals surface area contributed by atoms with E-state index < -0.39 is 0 Å². The molecule has 1 fully saturated rings. The first-order valence-corrected chi connectivity index (χ1v) is 6.66. The maximum Gasteiger partial charge on any atom is 0.224 e. The SMILES string of the molecule is CNc1nccc(NC2CCCCCCC2)n1. The molecular weight excluding hydrogens is 212 g/mol. The molecule has 4 nitrogen and oxygen atoms in total. The van der Waals surface area contributed by atoms with Crippen LogP contribution >= 0.6 is 0 Å². The standard InChI is InChI=1S/C13H22N4/c1-14-13-15-10-9-12(17-13)16-11-7-5-3-2-4-6-8-11/h9-11H,2-8H2,1H3,(H2,14,15,16,17). The molecule has 17 heavy (non-hydrogen) atoms. The Morgan fingerprint density at radius 2 is 1.82 bits per heavy atom. The first-order chi connectivity index (χ1) is 8.38. The Bertz CT molecular complexity index is 332. The van der Waals surface area contributed by atoms with E-state index in [2.05, 4.69) is 20.6 Å². The highest BCUT2D eigenvalue weighted by molar-refractivity contribution is 5.39. The highest BCUT2D eigenvalue weighted by Crippen LogP contribution is 2.20. The average molecular weight is 234 g/mol. The van der Waals surface area contributed by atoms with Gasteiger partial charge in [0.15, 0.2) is 0 Å². The van der Waals surface area contributed by atoms with E-state index in [0.29, 0.717) is 12.0 Å². The van der Waals surface area contributed by atoms with Crippen LogP contribution in [0.3, 0.4) is 0 Å². The molecule has 1 heterocycles. The summed E-state index contributed by atoms with van der Waals surface area (Å²) in [6.07, 6.45) is 11.2. The van der Waals surface area contributed by atoms with E-state index in [0.717, 1.165) is 5.82 Å². The van der Waals surface area contributed by atoms with Gasteiger partial charge in [0, 0.05) is 19.3 Å². The van der Waals surface area contributed by atoms with Crippen molar-refractivity contribution in [1.29, 1.82) is 0 Å². The molecule has 94 valence electrons. The van der Waals surface area contributed by atoms with Crippen LogP contribution in [0.5, 0.6) is 0 Å². The van der Waals surface area contributed by atoms with E-state index in [4.69, 9.17) is 0 Å². The molecule has 1 aliphatic rings. The minimum atomic E-state index is 0.579. The molecule has 0 aliphatic heterocycles. The molecule has 0 atom stereocenters. The van der Waals surface area contributed by atoms with Crippen molar-refractivity contribution >= 4 is 11.8 Å². The Balaban J connectivity index is 1.93. The Morgan fingerprint density at radius 3 is 2.53 bits per heavy atom. The van der Waals surface area contributed by atoms with Gasteiger partial charge in [-0.05, 0) is 18.9 Å². The van der Waals surface area contributed by atoms with Gasteiger partial charge in [-0.3, -0.25) is 0 Å². The highest BCUT2D eigenvalue weighted by Gasteiger charge is 2.11. The number of anilines is 2. The monoisotopic (exact) mass is 234 g/mol. The summed E-state index contributed by atoms with van der Waals surface area (Å²) in [6.45, 7) is 0. The molecule has 0 bridgehead atoms. The van der Waals surface area contributed by atoms with E-state index in [1.807, 2.05) is 13.1 Å². The molecule has 1 aromatic heterocycles. The Kier molecular flexibility index (Phi) is 4.59. The highest BCUT2D eigenvalue weighted by atomic mass is 15.1. The minimum absolute atomic E-state index is 0.579. The van der Waals surface area contributed by atoms with Gasteiger partial charge in [-0.15, -0.1) is 0 Å². The topological polar surface area (TPSA) is 49.8 Å². The number of rotatable bonds is 3. The maximum absolute atomic E-state index is 4.41. The smallest absolute Gasteiger partial charge is 0.224 e. The maximum atomic E-state index is 4.41. The van der Waals surface area contributed by atoms with E-state index in [-0.39, 0.29) is 0 Å². The van der Waals surface area contributed by atoms with Crippen molar-refractivity contribution in [3.63, 3.8) is 0 Å². The second-order valence-corrected chi connectivity index (χ2v) is 4.70. The lowest BCUT2D eigenvalue weighted by Crippen LogP contribution is -2.21. The van der Waals surface area contributed by atoms with Gasteiger partial charge in [0.25, 0.3) is 0 Å². The van der Waals surface area contributed by atoms with E-state index in [1.165, 1.54) is 44.9 Å². The molecule has 0 saturated heterocycles. The van der Waals surface area contributed by atoms with Crippen LogP contribution in [0.15, 0.2) is 12.3 Å². The van der Waals surface area contributed by atoms with Gasteiger partial charge in [0.1, 0.15) is 5.82 Å². The van der Waals surface area contributed by atoms with Crippen molar-refractivity contribution in [3.8, 4) is 0 Å². The average Bonchev–Trinajstić information content (AvgIpc) is 2.33. The molecule has 0 amide bonds. The minimum Gasteiger partial charge on any atom is -0.367 e. The van der Waals surface area contributed by atoms with Crippen molar-refractivity contribution in [3.05, 3.63) is 12.3 Å². The van der Waals surface area contributed by atoms with E-state index >= 15 is 0 Å². The van der Waals surface area contributed by atoms with Crippen molar-refractivity contribution < 1.29 is 0 Å². The number of nitrogens with zero attached hydrogens (tertiary/aromatic N) is 2. The van der Waals surface area contributed by atoms with Crippen molar-refractivity contribution in [1.82, 2.24) is 9.97 Å². The molecule has 2 rings (SSSR count). The van der Waals surface area contributed by atoms with Gasteiger partial charge >= 0.3 is 0 Å². The molecule has 2 N–H and O–H groups in total. The summed E-state index contributed by atoms with van der Waals surface area (Å²) in [5.74, 6) is 1.62. The van der Waals surface area contributed by atoms with Gasteiger partial charge < -0.3 is 10.6 Å². The zero-order valence-electron chi connectivity index (χ0n) is 10.6. The lowest BCUT2D eigenvalue weighted by Gasteiger charge is -2.21. The number of nitrogens with one attached hydrogen (secondary N) is 2. The Hall–Kier alpha value is -1.32. The summed E-state index contributed by atoms with van der Waals surface area (Å²) in [4.78, 5) is 8.53. The molecule has 0 radical (unpaired) electrons. The van der Waals surface area contributed by atoms with Crippen LogP contribution in [0.4, 0.5) is 11.8 Å². The lowest BCUT2D eigenvalue weighted by atomic mass is 9.97. The molecule has 0 aromatic carbocycles. The third-order valence-electron chi connectivity index (χ3n) is 3.34. The van der Waals surface area contributed by atoms with Crippen LogP contribution in [0.25, 0.3) is 0 Å².